The lowest BCUT2D eigenvalue weighted by atomic mass is 9.08. The maximum atomic E-state index is 10.1. The van der Waals surface area contributed by atoms with E-state index in [1.165, 1.54) is 147 Å². The SMILES string of the molecule is C[P+](c1ccccc1)(c1ccccc1)c1ccccc1.C[P+](c1ccccc1)(c1ccccc1)c1ccccc1.N#C[B-]1(CCCCCC[B-]2(C#N)C3CCCC2CCC3)C2CCCC1CCC2. The average Bonchev–Trinajstić information content (AvgIpc) is 3.40. The molecule has 0 aromatic heterocycles. The fourth-order valence-electron chi connectivity index (χ4n) is 14.4. The molecule has 0 unspecified atom stereocenters. The van der Waals surface area contributed by atoms with E-state index in [-0.39, 0.29) is 0 Å². The van der Waals surface area contributed by atoms with Crippen LogP contribution in [0.15, 0.2) is 182 Å². The maximum absolute atomic E-state index is 10.1. The minimum absolute atomic E-state index is 0.743. The molecule has 4 aliphatic heterocycles. The smallest absolute Gasteiger partial charge is 0.111 e. The Labute approximate surface area is 412 Å². The summed E-state index contributed by atoms with van der Waals surface area (Å²) in [5.41, 5.74) is 0. The Morgan fingerprint density at radius 2 is 0.529 bits per heavy atom. The van der Waals surface area contributed by atoms with E-state index in [1.807, 2.05) is 0 Å². The van der Waals surface area contributed by atoms with E-state index in [9.17, 15) is 10.5 Å². The van der Waals surface area contributed by atoms with Gasteiger partial charge in [0.1, 0.15) is 58.6 Å². The highest BCUT2D eigenvalue weighted by Gasteiger charge is 2.46. The Morgan fingerprint density at radius 1 is 0.338 bits per heavy atom. The third-order valence-corrected chi connectivity index (χ3v) is 26.2. The first-order chi connectivity index (χ1) is 33.4. The first-order valence-corrected chi connectivity index (χ1v) is 31.1. The zero-order valence-electron chi connectivity index (χ0n) is 41.3. The zero-order valence-corrected chi connectivity index (χ0v) is 43.1. The number of rotatable bonds is 13. The van der Waals surface area contributed by atoms with E-state index < -0.39 is 26.8 Å². The molecular weight excluding hydrogens is 856 g/mol. The van der Waals surface area contributed by atoms with Crippen LogP contribution in [-0.2, 0) is 0 Å². The summed E-state index contributed by atoms with van der Waals surface area (Å²) in [7, 11) is -3.05. The van der Waals surface area contributed by atoms with Gasteiger partial charge >= 0.3 is 0 Å². The predicted molar refractivity (Wildman–Crippen MR) is 303 cm³/mol. The Bertz CT molecular complexity index is 2090. The monoisotopic (exact) mass is 933 g/mol. The van der Waals surface area contributed by atoms with Gasteiger partial charge in [0.2, 0.25) is 0 Å². The molecule has 0 saturated carbocycles. The van der Waals surface area contributed by atoms with Crippen molar-refractivity contribution in [1.82, 2.24) is 0 Å². The summed E-state index contributed by atoms with van der Waals surface area (Å²) in [6, 6.07) is 65.3. The van der Waals surface area contributed by atoms with Gasteiger partial charge in [-0.05, 0) is 72.8 Å². The number of benzene rings is 6. The molecule has 0 atom stereocenters. The van der Waals surface area contributed by atoms with Gasteiger partial charge in [0, 0.05) is 0 Å². The van der Waals surface area contributed by atoms with Gasteiger partial charge in [0.15, 0.2) is 0 Å². The highest BCUT2D eigenvalue weighted by atomic mass is 31.2. The molecule has 0 radical (unpaired) electrons. The lowest BCUT2D eigenvalue weighted by Crippen LogP contribution is -2.48. The lowest BCUT2D eigenvalue weighted by molar-refractivity contribution is 0.429. The Morgan fingerprint density at radius 3 is 0.706 bits per heavy atom. The summed E-state index contributed by atoms with van der Waals surface area (Å²) in [5.74, 6) is 8.87. The summed E-state index contributed by atoms with van der Waals surface area (Å²) >= 11 is 0. The first kappa shape index (κ1) is 49.7. The van der Waals surface area contributed by atoms with Crippen LogP contribution in [0.2, 0.25) is 35.9 Å². The van der Waals surface area contributed by atoms with Crippen molar-refractivity contribution < 1.29 is 0 Å². The highest BCUT2D eigenvalue weighted by molar-refractivity contribution is 7.95. The minimum Gasteiger partial charge on any atom is -0.250 e. The minimum atomic E-state index is -1.53. The van der Waals surface area contributed by atoms with Crippen LogP contribution < -0.4 is 31.8 Å². The van der Waals surface area contributed by atoms with Gasteiger partial charge < -0.3 is 0 Å². The van der Waals surface area contributed by atoms with Crippen LogP contribution >= 0.6 is 14.5 Å². The summed E-state index contributed by atoms with van der Waals surface area (Å²) in [4.78, 5) is 0. The van der Waals surface area contributed by atoms with Gasteiger partial charge in [0.25, 0.3) is 0 Å². The van der Waals surface area contributed by atoms with Gasteiger partial charge in [-0.15, -0.1) is 0 Å². The van der Waals surface area contributed by atoms with E-state index in [0.29, 0.717) is 0 Å². The number of nitrogens with zero attached hydrogens (tertiary/aromatic N) is 2. The van der Waals surface area contributed by atoms with Crippen molar-refractivity contribution in [2.24, 2.45) is 0 Å². The van der Waals surface area contributed by atoms with Crippen LogP contribution in [0.1, 0.15) is 103 Å². The molecule has 0 N–H and O–H groups in total. The summed E-state index contributed by atoms with van der Waals surface area (Å²) in [6.07, 6.45) is 22.2. The van der Waals surface area contributed by atoms with Gasteiger partial charge in [-0.1, -0.05) is 212 Å². The normalized spacial score (nSPS) is 24.1. The van der Waals surface area contributed by atoms with Gasteiger partial charge in [-0.2, -0.15) is 47.8 Å². The molecule has 2 nitrogen and oxygen atoms in total. The number of nitriles is 2. The summed E-state index contributed by atoms with van der Waals surface area (Å²) < 4.78 is 0. The molecule has 4 bridgehead atoms. The molecule has 350 valence electrons. The lowest BCUT2D eigenvalue weighted by Gasteiger charge is -2.55. The van der Waals surface area contributed by atoms with Crippen LogP contribution in [0.25, 0.3) is 0 Å². The molecule has 4 heterocycles. The van der Waals surface area contributed by atoms with Crippen LogP contribution in [0, 0.1) is 22.5 Å². The van der Waals surface area contributed by atoms with Crippen molar-refractivity contribution in [3.05, 3.63) is 182 Å². The Balaban J connectivity index is 0.000000141. The summed E-state index contributed by atoms with van der Waals surface area (Å²) in [6.45, 7) is 4.82. The average molecular weight is 933 g/mol. The molecular formula is C62H76B2N2P2. The largest absolute Gasteiger partial charge is 0.250 e. The quantitative estimate of drug-likeness (QED) is 0.0658. The molecule has 0 amide bonds. The van der Waals surface area contributed by atoms with Gasteiger partial charge in [0.05, 0.1) is 13.3 Å². The predicted octanol–water partition coefficient (Wildman–Crippen LogP) is 15.0. The van der Waals surface area contributed by atoms with E-state index in [2.05, 4.69) is 207 Å². The van der Waals surface area contributed by atoms with Crippen molar-refractivity contribution in [3.8, 4) is 11.9 Å². The fourth-order valence-corrected chi connectivity index (χ4v) is 20.8. The van der Waals surface area contributed by atoms with Crippen LogP contribution in [0.3, 0.4) is 0 Å². The molecule has 10 rings (SSSR count). The molecule has 0 aliphatic carbocycles. The second-order valence-electron chi connectivity index (χ2n) is 21.4. The van der Waals surface area contributed by atoms with E-state index in [4.69, 9.17) is 0 Å². The van der Waals surface area contributed by atoms with E-state index >= 15 is 0 Å². The molecule has 4 saturated heterocycles. The third kappa shape index (κ3) is 10.7. The van der Waals surface area contributed by atoms with Crippen molar-refractivity contribution >= 4 is 58.6 Å². The molecule has 6 aromatic carbocycles. The number of hydrogen-bond acceptors (Lipinski definition) is 2. The van der Waals surface area contributed by atoms with Crippen LogP contribution in [0.4, 0.5) is 0 Å². The molecule has 6 aromatic rings. The zero-order chi connectivity index (χ0) is 47.1. The fraction of sp³-hybridized carbons (Fsp3) is 0.387. The standard InChI is InChI=1S/C24H40B2N2.2C19H18P/c27-19-25(21-9-5-10-22(25)12-6-11-21)17-3-1-2-4-18-26(20-28)23-13-7-14-24(26)16-8-15-23;2*1-20(17-11-5-2-6-12-17,18-13-7-3-8-14-18)19-15-9-4-10-16-19/h21-24H,1-18H2;2*2-16H,1H3/q-2;2*+1. The number of fused-ring (bicyclic) bond motifs is 4. The van der Waals surface area contributed by atoms with Crippen LogP contribution in [0.5, 0.6) is 0 Å². The van der Waals surface area contributed by atoms with Gasteiger partial charge in [-0.25, -0.2) is 10.5 Å². The van der Waals surface area contributed by atoms with Crippen molar-refractivity contribution in [2.75, 3.05) is 13.3 Å². The van der Waals surface area contributed by atoms with Crippen LogP contribution in [-0.4, -0.2) is 25.6 Å². The maximum Gasteiger partial charge on any atom is 0.111 e. The highest BCUT2D eigenvalue weighted by Crippen LogP contribution is 2.57. The van der Waals surface area contributed by atoms with Crippen molar-refractivity contribution in [3.63, 3.8) is 0 Å². The number of unbranched alkanes of at least 4 members (excludes halogenated alkanes) is 3. The molecule has 0 spiro atoms. The molecule has 6 heteroatoms. The van der Waals surface area contributed by atoms with Crippen molar-refractivity contribution in [2.45, 2.75) is 139 Å². The number of hydrogen-bond donors (Lipinski definition) is 0. The van der Waals surface area contributed by atoms with E-state index in [0.717, 1.165) is 23.3 Å². The summed E-state index contributed by atoms with van der Waals surface area (Å²) in [5, 5.41) is 28.8. The second-order valence-corrected chi connectivity index (χ2v) is 28.6. The second kappa shape index (κ2) is 23.7. The molecule has 4 aliphatic rings. The first-order valence-electron chi connectivity index (χ1n) is 26.6. The van der Waals surface area contributed by atoms with Gasteiger partial charge in [-0.3, -0.25) is 0 Å². The Kier molecular flexibility index (Phi) is 17.3. The topological polar surface area (TPSA) is 47.6 Å². The van der Waals surface area contributed by atoms with Crippen molar-refractivity contribution in [1.29, 1.82) is 10.5 Å². The van der Waals surface area contributed by atoms with E-state index in [1.54, 1.807) is 0 Å². The Hall–Kier alpha value is -4.71. The molecule has 4 fully saturated rings. The molecule has 68 heavy (non-hydrogen) atoms. The third-order valence-electron chi connectivity index (χ3n) is 18.2.